The zero-order chi connectivity index (χ0) is 16.9. The summed E-state index contributed by atoms with van der Waals surface area (Å²) >= 11 is 0. The SMILES string of the molecule is COc1cc(NC(=O)COc2ccc(F)cc2)c2ncccc2c1. The largest absolute Gasteiger partial charge is 0.497 e. The molecule has 0 saturated heterocycles. The van der Waals surface area contributed by atoms with Crippen LogP contribution in [0.5, 0.6) is 11.5 Å². The Labute approximate surface area is 138 Å². The predicted molar refractivity (Wildman–Crippen MR) is 88.8 cm³/mol. The first-order valence-electron chi connectivity index (χ1n) is 7.27. The van der Waals surface area contributed by atoms with Crippen LogP contribution in [0, 0.1) is 5.82 Å². The van der Waals surface area contributed by atoms with Crippen LogP contribution in [0.25, 0.3) is 10.9 Å². The Morgan fingerprint density at radius 3 is 2.71 bits per heavy atom. The average Bonchev–Trinajstić information content (AvgIpc) is 2.61. The molecule has 0 atom stereocenters. The number of methoxy groups -OCH3 is 1. The molecular weight excluding hydrogens is 311 g/mol. The lowest BCUT2D eigenvalue weighted by Gasteiger charge is -2.11. The van der Waals surface area contributed by atoms with Gasteiger partial charge in [-0.25, -0.2) is 4.39 Å². The van der Waals surface area contributed by atoms with Gasteiger partial charge in [0.2, 0.25) is 0 Å². The van der Waals surface area contributed by atoms with E-state index in [0.29, 0.717) is 22.7 Å². The smallest absolute Gasteiger partial charge is 0.262 e. The summed E-state index contributed by atoms with van der Waals surface area (Å²) < 4.78 is 23.4. The number of pyridine rings is 1. The Bertz CT molecular complexity index is 866. The molecule has 3 rings (SSSR count). The van der Waals surface area contributed by atoms with Gasteiger partial charge in [0.15, 0.2) is 6.61 Å². The molecule has 5 nitrogen and oxygen atoms in total. The van der Waals surface area contributed by atoms with E-state index in [1.54, 1.807) is 19.4 Å². The molecule has 0 bridgehead atoms. The van der Waals surface area contributed by atoms with Crippen molar-refractivity contribution < 1.29 is 18.7 Å². The third kappa shape index (κ3) is 3.60. The van der Waals surface area contributed by atoms with Crippen LogP contribution < -0.4 is 14.8 Å². The van der Waals surface area contributed by atoms with E-state index < -0.39 is 0 Å². The van der Waals surface area contributed by atoms with Gasteiger partial charge in [-0.3, -0.25) is 9.78 Å². The number of carbonyl (C=O) groups is 1. The number of nitrogens with one attached hydrogen (secondary N) is 1. The highest BCUT2D eigenvalue weighted by Gasteiger charge is 2.10. The molecular formula is C18H15FN2O3. The number of hydrogen-bond donors (Lipinski definition) is 1. The van der Waals surface area contributed by atoms with E-state index in [1.807, 2.05) is 18.2 Å². The van der Waals surface area contributed by atoms with Crippen molar-refractivity contribution in [3.8, 4) is 11.5 Å². The summed E-state index contributed by atoms with van der Waals surface area (Å²) in [5.41, 5.74) is 1.20. The Hall–Kier alpha value is -3.15. The van der Waals surface area contributed by atoms with E-state index in [-0.39, 0.29) is 18.3 Å². The number of rotatable bonds is 5. The average molecular weight is 326 g/mol. The molecule has 0 spiro atoms. The van der Waals surface area contributed by atoms with Crippen molar-refractivity contribution in [2.45, 2.75) is 0 Å². The van der Waals surface area contributed by atoms with Crippen LogP contribution in [0.2, 0.25) is 0 Å². The van der Waals surface area contributed by atoms with Crippen molar-refractivity contribution in [1.29, 1.82) is 0 Å². The molecule has 0 aliphatic heterocycles. The molecule has 1 aromatic heterocycles. The molecule has 0 unspecified atom stereocenters. The maximum absolute atomic E-state index is 12.8. The van der Waals surface area contributed by atoms with Crippen molar-refractivity contribution in [1.82, 2.24) is 4.98 Å². The highest BCUT2D eigenvalue weighted by molar-refractivity contribution is 6.01. The molecule has 0 saturated carbocycles. The van der Waals surface area contributed by atoms with Gasteiger partial charge >= 0.3 is 0 Å². The lowest BCUT2D eigenvalue weighted by atomic mass is 10.2. The van der Waals surface area contributed by atoms with Crippen molar-refractivity contribution in [2.24, 2.45) is 0 Å². The summed E-state index contributed by atoms with van der Waals surface area (Å²) in [5, 5.41) is 3.61. The van der Waals surface area contributed by atoms with Crippen LogP contribution in [-0.4, -0.2) is 24.6 Å². The minimum Gasteiger partial charge on any atom is -0.497 e. The number of amides is 1. The minimum absolute atomic E-state index is 0.197. The Morgan fingerprint density at radius 2 is 1.96 bits per heavy atom. The second-order valence-corrected chi connectivity index (χ2v) is 5.04. The molecule has 1 heterocycles. The Kier molecular flexibility index (Phi) is 4.56. The van der Waals surface area contributed by atoms with Crippen LogP contribution in [-0.2, 0) is 4.79 Å². The quantitative estimate of drug-likeness (QED) is 0.780. The normalized spacial score (nSPS) is 10.4. The molecule has 24 heavy (non-hydrogen) atoms. The standard InChI is InChI=1S/C18H15FN2O3/c1-23-15-9-12-3-2-8-20-18(12)16(10-15)21-17(22)11-24-14-6-4-13(19)5-7-14/h2-10H,11H2,1H3,(H,21,22). The van der Waals surface area contributed by atoms with E-state index >= 15 is 0 Å². The summed E-state index contributed by atoms with van der Waals surface area (Å²) in [6, 6.07) is 12.7. The maximum Gasteiger partial charge on any atom is 0.262 e. The van der Waals surface area contributed by atoms with Gasteiger partial charge in [0.1, 0.15) is 17.3 Å². The second-order valence-electron chi connectivity index (χ2n) is 5.04. The van der Waals surface area contributed by atoms with Crippen LogP contribution >= 0.6 is 0 Å². The lowest BCUT2D eigenvalue weighted by Crippen LogP contribution is -2.20. The third-order valence-electron chi connectivity index (χ3n) is 3.37. The van der Waals surface area contributed by atoms with Crippen molar-refractivity contribution >= 4 is 22.5 Å². The fourth-order valence-electron chi connectivity index (χ4n) is 2.24. The van der Waals surface area contributed by atoms with E-state index in [1.165, 1.54) is 24.3 Å². The molecule has 1 amide bonds. The summed E-state index contributed by atoms with van der Waals surface area (Å²) in [6.45, 7) is -0.197. The van der Waals surface area contributed by atoms with Gasteiger partial charge in [0.25, 0.3) is 5.91 Å². The zero-order valence-electron chi connectivity index (χ0n) is 13.0. The summed E-state index contributed by atoms with van der Waals surface area (Å²) in [7, 11) is 1.56. The summed E-state index contributed by atoms with van der Waals surface area (Å²) in [4.78, 5) is 16.4. The van der Waals surface area contributed by atoms with Gasteiger partial charge in [-0.1, -0.05) is 6.07 Å². The molecule has 0 fully saturated rings. The van der Waals surface area contributed by atoms with E-state index in [4.69, 9.17) is 9.47 Å². The number of fused-ring (bicyclic) bond motifs is 1. The first-order chi connectivity index (χ1) is 11.7. The number of aromatic nitrogens is 1. The molecule has 122 valence electrons. The predicted octanol–water partition coefficient (Wildman–Crippen LogP) is 3.40. The highest BCUT2D eigenvalue weighted by Crippen LogP contribution is 2.27. The van der Waals surface area contributed by atoms with Gasteiger partial charge in [-0.05, 0) is 36.4 Å². The van der Waals surface area contributed by atoms with Gasteiger partial charge in [-0.2, -0.15) is 0 Å². The number of hydrogen-bond acceptors (Lipinski definition) is 4. The number of nitrogens with zero attached hydrogens (tertiary/aromatic N) is 1. The maximum atomic E-state index is 12.8. The van der Waals surface area contributed by atoms with E-state index in [2.05, 4.69) is 10.3 Å². The van der Waals surface area contributed by atoms with Crippen molar-refractivity contribution in [2.75, 3.05) is 19.0 Å². The van der Waals surface area contributed by atoms with Gasteiger partial charge in [-0.15, -0.1) is 0 Å². The van der Waals surface area contributed by atoms with Crippen molar-refractivity contribution in [3.05, 3.63) is 60.5 Å². The van der Waals surface area contributed by atoms with E-state index in [0.717, 1.165) is 5.39 Å². The van der Waals surface area contributed by atoms with Crippen LogP contribution in [0.4, 0.5) is 10.1 Å². The summed E-state index contributed by atoms with van der Waals surface area (Å²) in [5.74, 6) is 0.325. The van der Waals surface area contributed by atoms with Gasteiger partial charge < -0.3 is 14.8 Å². The monoisotopic (exact) mass is 326 g/mol. The van der Waals surface area contributed by atoms with Crippen LogP contribution in [0.15, 0.2) is 54.7 Å². The number of halogens is 1. The van der Waals surface area contributed by atoms with Gasteiger partial charge in [0, 0.05) is 17.6 Å². The molecule has 0 aliphatic rings. The highest BCUT2D eigenvalue weighted by atomic mass is 19.1. The Balaban J connectivity index is 1.74. The number of anilines is 1. The van der Waals surface area contributed by atoms with Gasteiger partial charge in [0.05, 0.1) is 18.3 Å². The van der Waals surface area contributed by atoms with Crippen LogP contribution in [0.1, 0.15) is 0 Å². The topological polar surface area (TPSA) is 60.5 Å². The molecule has 0 radical (unpaired) electrons. The number of ether oxygens (including phenoxy) is 2. The first kappa shape index (κ1) is 15.7. The minimum atomic E-state index is -0.360. The van der Waals surface area contributed by atoms with Crippen molar-refractivity contribution in [3.63, 3.8) is 0 Å². The molecule has 6 heteroatoms. The second kappa shape index (κ2) is 6.95. The zero-order valence-corrected chi connectivity index (χ0v) is 13.0. The Morgan fingerprint density at radius 1 is 1.17 bits per heavy atom. The molecule has 3 aromatic rings. The summed E-state index contributed by atoms with van der Waals surface area (Å²) in [6.07, 6.45) is 1.65. The molecule has 2 aromatic carbocycles. The first-order valence-corrected chi connectivity index (χ1v) is 7.27. The number of carbonyl (C=O) groups excluding carboxylic acids is 1. The molecule has 1 N–H and O–H groups in total. The molecule has 0 aliphatic carbocycles. The fourth-order valence-corrected chi connectivity index (χ4v) is 2.24. The van der Waals surface area contributed by atoms with Crippen LogP contribution in [0.3, 0.4) is 0 Å². The number of benzene rings is 2. The lowest BCUT2D eigenvalue weighted by molar-refractivity contribution is -0.118. The fraction of sp³-hybridized carbons (Fsp3) is 0.111. The van der Waals surface area contributed by atoms with E-state index in [9.17, 15) is 9.18 Å². The third-order valence-corrected chi connectivity index (χ3v) is 3.37.